The Bertz CT molecular complexity index is 351. The summed E-state index contributed by atoms with van der Waals surface area (Å²) < 4.78 is 10.2. The number of nitrogens with one attached hydrogen (secondary N) is 2. The van der Waals surface area contributed by atoms with E-state index in [4.69, 9.17) is 14.6 Å². The van der Waals surface area contributed by atoms with E-state index < -0.39 is 17.7 Å². The molecule has 0 aromatic carbocycles. The molecule has 0 unspecified atom stereocenters. The van der Waals surface area contributed by atoms with Crippen LogP contribution in [0, 0.1) is 0 Å². The molecular formula is C13H24N2O6. The number of rotatable bonds is 9. The molecule has 0 saturated carbocycles. The van der Waals surface area contributed by atoms with Crippen LogP contribution in [-0.2, 0) is 19.1 Å². The second-order valence-electron chi connectivity index (χ2n) is 5.28. The number of carboxylic acid groups (broad SMARTS) is 1. The number of carbonyl (C=O) groups excluding carboxylic acids is 2. The number of hydrogen-bond donors (Lipinski definition) is 3. The van der Waals surface area contributed by atoms with Gasteiger partial charge in [-0.15, -0.1) is 0 Å². The molecule has 0 aromatic heterocycles. The van der Waals surface area contributed by atoms with E-state index in [1.54, 1.807) is 20.8 Å². The summed E-state index contributed by atoms with van der Waals surface area (Å²) in [5.74, 6) is -1.33. The highest BCUT2D eigenvalue weighted by molar-refractivity contribution is 5.80. The first kappa shape index (κ1) is 19.2. The van der Waals surface area contributed by atoms with E-state index in [-0.39, 0.29) is 25.4 Å². The molecule has 2 amide bonds. The average molecular weight is 304 g/mol. The van der Waals surface area contributed by atoms with Crippen molar-refractivity contribution < 1.29 is 29.0 Å². The highest BCUT2D eigenvalue weighted by Crippen LogP contribution is 2.05. The quantitative estimate of drug-likeness (QED) is 0.535. The third-order valence-corrected chi connectivity index (χ3v) is 2.05. The van der Waals surface area contributed by atoms with Crippen LogP contribution in [0.5, 0.6) is 0 Å². The molecule has 0 rings (SSSR count). The third kappa shape index (κ3) is 14.4. The fourth-order valence-electron chi connectivity index (χ4n) is 1.21. The summed E-state index contributed by atoms with van der Waals surface area (Å²) in [6.45, 7) is 6.51. The third-order valence-electron chi connectivity index (χ3n) is 2.05. The summed E-state index contributed by atoms with van der Waals surface area (Å²) in [6, 6.07) is 0. The predicted octanol–water partition coefficient (Wildman–Crippen LogP) is 0.509. The van der Waals surface area contributed by atoms with Gasteiger partial charge in [0.1, 0.15) is 5.60 Å². The minimum Gasteiger partial charge on any atom is -0.481 e. The second-order valence-corrected chi connectivity index (χ2v) is 5.28. The van der Waals surface area contributed by atoms with E-state index in [0.717, 1.165) is 0 Å². The molecule has 0 atom stereocenters. The van der Waals surface area contributed by atoms with Gasteiger partial charge in [0.15, 0.2) is 0 Å². The summed E-state index contributed by atoms with van der Waals surface area (Å²) in [7, 11) is 0. The summed E-state index contributed by atoms with van der Waals surface area (Å²) in [5, 5.41) is 13.5. The first-order valence-electron chi connectivity index (χ1n) is 6.74. The minimum atomic E-state index is -1.00. The Balaban J connectivity index is 3.42. The lowest BCUT2D eigenvalue weighted by molar-refractivity contribution is -0.138. The summed E-state index contributed by atoms with van der Waals surface area (Å²) in [5.41, 5.74) is -0.537. The lowest BCUT2D eigenvalue weighted by atomic mass is 10.2. The normalized spacial score (nSPS) is 10.8. The Labute approximate surface area is 124 Å². The molecular weight excluding hydrogens is 280 g/mol. The molecule has 0 aliphatic carbocycles. The topological polar surface area (TPSA) is 114 Å². The van der Waals surface area contributed by atoms with Gasteiger partial charge in [-0.1, -0.05) is 0 Å². The van der Waals surface area contributed by atoms with Crippen LogP contribution in [0.3, 0.4) is 0 Å². The van der Waals surface area contributed by atoms with Crippen LogP contribution in [0.4, 0.5) is 4.79 Å². The zero-order valence-corrected chi connectivity index (χ0v) is 12.7. The number of hydrogen-bond acceptors (Lipinski definition) is 5. The fraction of sp³-hybridized carbons (Fsp3) is 0.769. The van der Waals surface area contributed by atoms with Gasteiger partial charge in [-0.05, 0) is 20.8 Å². The van der Waals surface area contributed by atoms with E-state index in [0.29, 0.717) is 19.7 Å². The highest BCUT2D eigenvalue weighted by Gasteiger charge is 2.15. The first-order valence-corrected chi connectivity index (χ1v) is 6.74. The van der Waals surface area contributed by atoms with E-state index in [1.165, 1.54) is 0 Å². The number of carboxylic acids is 1. The SMILES string of the molecule is CC(C)(C)OC(=O)NCCOCCNC(=O)CCC(=O)O. The van der Waals surface area contributed by atoms with Gasteiger partial charge in [0.05, 0.1) is 19.6 Å². The Morgan fingerprint density at radius 1 is 1.00 bits per heavy atom. The maximum atomic E-state index is 11.3. The van der Waals surface area contributed by atoms with Crippen molar-refractivity contribution in [1.82, 2.24) is 10.6 Å². The molecule has 0 saturated heterocycles. The van der Waals surface area contributed by atoms with Gasteiger partial charge in [-0.2, -0.15) is 0 Å². The van der Waals surface area contributed by atoms with Crippen LogP contribution in [0.15, 0.2) is 0 Å². The Morgan fingerprint density at radius 2 is 1.57 bits per heavy atom. The Morgan fingerprint density at radius 3 is 2.10 bits per heavy atom. The first-order chi connectivity index (χ1) is 9.70. The standard InChI is InChI=1S/C13H24N2O6/c1-13(2,3)21-12(19)15-7-9-20-8-6-14-10(16)4-5-11(17)18/h4-9H2,1-3H3,(H,14,16)(H,15,19)(H,17,18). The second kappa shape index (κ2) is 9.98. The molecule has 0 aliphatic rings. The van der Waals surface area contributed by atoms with E-state index in [2.05, 4.69) is 10.6 Å². The van der Waals surface area contributed by atoms with Crippen molar-refractivity contribution in [3.05, 3.63) is 0 Å². The van der Waals surface area contributed by atoms with Crippen LogP contribution in [-0.4, -0.2) is 55.0 Å². The monoisotopic (exact) mass is 304 g/mol. The molecule has 8 heteroatoms. The molecule has 8 nitrogen and oxygen atoms in total. The van der Waals surface area contributed by atoms with E-state index in [1.807, 2.05) is 0 Å². The predicted molar refractivity (Wildman–Crippen MR) is 74.9 cm³/mol. The van der Waals surface area contributed by atoms with Gasteiger partial charge in [0.2, 0.25) is 5.91 Å². The van der Waals surface area contributed by atoms with Crippen LogP contribution < -0.4 is 10.6 Å². The molecule has 3 N–H and O–H groups in total. The van der Waals surface area contributed by atoms with Crippen molar-refractivity contribution in [1.29, 1.82) is 0 Å². The van der Waals surface area contributed by atoms with Crippen molar-refractivity contribution in [3.8, 4) is 0 Å². The van der Waals surface area contributed by atoms with Crippen LogP contribution >= 0.6 is 0 Å². The van der Waals surface area contributed by atoms with Crippen LogP contribution in [0.2, 0.25) is 0 Å². The Hall–Kier alpha value is -1.83. The number of carbonyl (C=O) groups is 3. The van der Waals surface area contributed by atoms with Crippen LogP contribution in [0.25, 0.3) is 0 Å². The molecule has 21 heavy (non-hydrogen) atoms. The van der Waals surface area contributed by atoms with Gasteiger partial charge in [-0.25, -0.2) is 4.79 Å². The molecule has 0 aromatic rings. The lowest BCUT2D eigenvalue weighted by Gasteiger charge is -2.19. The van der Waals surface area contributed by atoms with Gasteiger partial charge >= 0.3 is 12.1 Å². The van der Waals surface area contributed by atoms with Gasteiger partial charge in [0.25, 0.3) is 0 Å². The maximum absolute atomic E-state index is 11.3. The fourth-order valence-corrected chi connectivity index (χ4v) is 1.21. The molecule has 122 valence electrons. The summed E-state index contributed by atoms with van der Waals surface area (Å²) in [6.07, 6.45) is -0.741. The molecule has 0 spiro atoms. The van der Waals surface area contributed by atoms with Crippen molar-refractivity contribution in [2.24, 2.45) is 0 Å². The summed E-state index contributed by atoms with van der Waals surface area (Å²) in [4.78, 5) is 32.7. The van der Waals surface area contributed by atoms with E-state index >= 15 is 0 Å². The van der Waals surface area contributed by atoms with Crippen LogP contribution in [0.1, 0.15) is 33.6 Å². The van der Waals surface area contributed by atoms with Crippen molar-refractivity contribution >= 4 is 18.0 Å². The van der Waals surface area contributed by atoms with Gasteiger partial charge in [0, 0.05) is 19.5 Å². The number of amides is 2. The zero-order chi connectivity index (χ0) is 16.3. The molecule has 0 fully saturated rings. The zero-order valence-electron chi connectivity index (χ0n) is 12.7. The van der Waals surface area contributed by atoms with Crippen molar-refractivity contribution in [2.45, 2.75) is 39.2 Å². The number of alkyl carbamates (subject to hydrolysis) is 1. The summed E-state index contributed by atoms with van der Waals surface area (Å²) >= 11 is 0. The number of ether oxygens (including phenoxy) is 2. The number of aliphatic carboxylic acids is 1. The smallest absolute Gasteiger partial charge is 0.407 e. The van der Waals surface area contributed by atoms with E-state index in [9.17, 15) is 14.4 Å². The molecule has 0 aliphatic heterocycles. The maximum Gasteiger partial charge on any atom is 0.407 e. The van der Waals surface area contributed by atoms with Gasteiger partial charge < -0.3 is 25.2 Å². The Kier molecular flexibility index (Phi) is 9.11. The minimum absolute atomic E-state index is 0.0461. The molecule has 0 heterocycles. The van der Waals surface area contributed by atoms with Crippen molar-refractivity contribution in [3.63, 3.8) is 0 Å². The molecule has 0 bridgehead atoms. The molecule has 0 radical (unpaired) electrons. The van der Waals surface area contributed by atoms with Crippen molar-refractivity contribution in [2.75, 3.05) is 26.3 Å². The highest BCUT2D eigenvalue weighted by atomic mass is 16.6. The average Bonchev–Trinajstić information content (AvgIpc) is 2.33. The lowest BCUT2D eigenvalue weighted by Crippen LogP contribution is -2.34. The van der Waals surface area contributed by atoms with Gasteiger partial charge in [-0.3, -0.25) is 9.59 Å². The largest absolute Gasteiger partial charge is 0.481 e.